The number of sulfonamides is 1. The molecule has 9 heteroatoms. The van der Waals surface area contributed by atoms with E-state index in [1.807, 2.05) is 45.2 Å². The Morgan fingerprint density at radius 3 is 2.37 bits per heavy atom. The second kappa shape index (κ2) is 10.5. The van der Waals surface area contributed by atoms with Crippen molar-refractivity contribution >= 4 is 27.5 Å². The molecule has 0 spiro atoms. The van der Waals surface area contributed by atoms with E-state index in [0.717, 1.165) is 11.1 Å². The van der Waals surface area contributed by atoms with Crippen molar-refractivity contribution < 1.29 is 18.0 Å². The Labute approximate surface area is 207 Å². The van der Waals surface area contributed by atoms with Crippen molar-refractivity contribution in [3.8, 4) is 0 Å². The Hall–Kier alpha value is -2.75. The minimum absolute atomic E-state index is 0.0546. The number of nitrogens with one attached hydrogen (secondary N) is 1. The SMILES string of the molecule is CC(C)CC(=O)N1Cc2ccccc2CC1C(=O)Nc1cccc(S(=O)(=O)N2CCN(C)CC2)c1. The second-order valence-electron chi connectivity index (χ2n) is 9.83. The van der Waals surface area contributed by atoms with E-state index in [1.165, 1.54) is 10.4 Å². The average molecular weight is 499 g/mol. The molecule has 188 valence electrons. The summed E-state index contributed by atoms with van der Waals surface area (Å²) >= 11 is 0. The fourth-order valence-electron chi connectivity index (χ4n) is 4.62. The zero-order valence-electron chi connectivity index (χ0n) is 20.6. The van der Waals surface area contributed by atoms with Crippen LogP contribution in [0.4, 0.5) is 5.69 Å². The number of piperazine rings is 1. The Kier molecular flexibility index (Phi) is 7.59. The van der Waals surface area contributed by atoms with Crippen LogP contribution in [0.3, 0.4) is 0 Å². The Morgan fingerprint density at radius 1 is 1.00 bits per heavy atom. The predicted molar refractivity (Wildman–Crippen MR) is 135 cm³/mol. The largest absolute Gasteiger partial charge is 0.326 e. The first-order chi connectivity index (χ1) is 16.6. The quantitative estimate of drug-likeness (QED) is 0.661. The fourth-order valence-corrected chi connectivity index (χ4v) is 6.09. The van der Waals surface area contributed by atoms with Gasteiger partial charge < -0.3 is 15.1 Å². The lowest BCUT2D eigenvalue weighted by atomic mass is 9.92. The van der Waals surface area contributed by atoms with Gasteiger partial charge in [-0.1, -0.05) is 44.2 Å². The molecule has 1 fully saturated rings. The smallest absolute Gasteiger partial charge is 0.247 e. The van der Waals surface area contributed by atoms with Gasteiger partial charge in [0.2, 0.25) is 21.8 Å². The fraction of sp³-hybridized carbons (Fsp3) is 0.462. The molecule has 2 aliphatic rings. The van der Waals surface area contributed by atoms with Gasteiger partial charge in [0.05, 0.1) is 4.90 Å². The first-order valence-electron chi connectivity index (χ1n) is 12.1. The molecule has 0 aromatic heterocycles. The van der Waals surface area contributed by atoms with Crippen molar-refractivity contribution in [2.24, 2.45) is 5.92 Å². The normalized spacial score (nSPS) is 19.4. The van der Waals surface area contributed by atoms with Gasteiger partial charge in [0.25, 0.3) is 0 Å². The van der Waals surface area contributed by atoms with E-state index in [1.54, 1.807) is 23.1 Å². The summed E-state index contributed by atoms with van der Waals surface area (Å²) in [4.78, 5) is 30.3. The number of carbonyl (C=O) groups is 2. The van der Waals surface area contributed by atoms with Gasteiger partial charge in [0.15, 0.2) is 0 Å². The highest BCUT2D eigenvalue weighted by molar-refractivity contribution is 7.89. The van der Waals surface area contributed by atoms with Crippen LogP contribution in [-0.2, 0) is 32.6 Å². The van der Waals surface area contributed by atoms with Crippen molar-refractivity contribution in [1.82, 2.24) is 14.1 Å². The second-order valence-corrected chi connectivity index (χ2v) is 11.8. The number of carbonyl (C=O) groups excluding carboxylic acids is 2. The lowest BCUT2D eigenvalue weighted by Crippen LogP contribution is -2.50. The number of benzene rings is 2. The summed E-state index contributed by atoms with van der Waals surface area (Å²) in [5, 5.41) is 2.88. The molecule has 2 aliphatic heterocycles. The van der Waals surface area contributed by atoms with Gasteiger partial charge in [-0.2, -0.15) is 4.31 Å². The maximum atomic E-state index is 13.4. The lowest BCUT2D eigenvalue weighted by Gasteiger charge is -2.36. The molecule has 1 unspecified atom stereocenters. The highest BCUT2D eigenvalue weighted by Gasteiger charge is 2.35. The van der Waals surface area contributed by atoms with Crippen LogP contribution in [0.1, 0.15) is 31.4 Å². The number of fused-ring (bicyclic) bond motifs is 1. The van der Waals surface area contributed by atoms with Crippen molar-refractivity contribution in [3.05, 3.63) is 59.7 Å². The summed E-state index contributed by atoms with van der Waals surface area (Å²) < 4.78 is 27.8. The Balaban J connectivity index is 1.54. The molecule has 1 saturated heterocycles. The van der Waals surface area contributed by atoms with E-state index >= 15 is 0 Å². The van der Waals surface area contributed by atoms with Crippen LogP contribution in [0.25, 0.3) is 0 Å². The molecule has 0 bridgehead atoms. The number of rotatable bonds is 6. The highest BCUT2D eigenvalue weighted by Crippen LogP contribution is 2.27. The molecule has 2 heterocycles. The van der Waals surface area contributed by atoms with Gasteiger partial charge in [-0.3, -0.25) is 9.59 Å². The Bertz CT molecular complexity index is 1190. The first-order valence-corrected chi connectivity index (χ1v) is 13.5. The molecule has 2 amide bonds. The maximum Gasteiger partial charge on any atom is 0.247 e. The van der Waals surface area contributed by atoms with Gasteiger partial charge in [0.1, 0.15) is 6.04 Å². The maximum absolute atomic E-state index is 13.4. The van der Waals surface area contributed by atoms with Gasteiger partial charge >= 0.3 is 0 Å². The monoisotopic (exact) mass is 498 g/mol. The molecule has 8 nitrogen and oxygen atoms in total. The molecular formula is C26H34N4O4S. The predicted octanol–water partition coefficient (Wildman–Crippen LogP) is 2.56. The van der Waals surface area contributed by atoms with E-state index in [0.29, 0.717) is 51.3 Å². The standard InChI is InChI=1S/C26H34N4O4S/c1-19(2)15-25(31)30-18-21-8-5-4-7-20(21)16-24(30)26(32)27-22-9-6-10-23(17-22)35(33,34)29-13-11-28(3)12-14-29/h4-10,17,19,24H,11-16,18H2,1-3H3,(H,27,32). The summed E-state index contributed by atoms with van der Waals surface area (Å²) in [7, 11) is -1.68. The van der Waals surface area contributed by atoms with Crippen molar-refractivity contribution in [2.45, 2.75) is 44.2 Å². The van der Waals surface area contributed by atoms with E-state index in [9.17, 15) is 18.0 Å². The molecule has 0 radical (unpaired) electrons. The summed E-state index contributed by atoms with van der Waals surface area (Å²) in [5.74, 6) is -0.188. The van der Waals surface area contributed by atoms with Crippen LogP contribution in [0.15, 0.2) is 53.4 Å². The molecule has 0 saturated carbocycles. The van der Waals surface area contributed by atoms with Gasteiger partial charge in [0, 0.05) is 51.3 Å². The number of hydrogen-bond acceptors (Lipinski definition) is 5. The topological polar surface area (TPSA) is 90.0 Å². The Morgan fingerprint density at radius 2 is 1.69 bits per heavy atom. The molecule has 1 N–H and O–H groups in total. The van der Waals surface area contributed by atoms with E-state index in [4.69, 9.17) is 0 Å². The number of amides is 2. The molecular weight excluding hydrogens is 464 g/mol. The molecule has 4 rings (SSSR count). The summed E-state index contributed by atoms with van der Waals surface area (Å²) in [6.07, 6.45) is 0.788. The third-order valence-electron chi connectivity index (χ3n) is 6.66. The summed E-state index contributed by atoms with van der Waals surface area (Å²) in [6.45, 7) is 6.58. The van der Waals surface area contributed by atoms with Crippen LogP contribution < -0.4 is 5.32 Å². The van der Waals surface area contributed by atoms with Gasteiger partial charge in [-0.05, 0) is 42.3 Å². The first kappa shape index (κ1) is 25.3. The van der Waals surface area contributed by atoms with Crippen LogP contribution in [-0.4, -0.2) is 73.6 Å². The third-order valence-corrected chi connectivity index (χ3v) is 8.55. The average Bonchev–Trinajstić information content (AvgIpc) is 2.83. The third kappa shape index (κ3) is 5.74. The number of nitrogens with zero attached hydrogens (tertiary/aromatic N) is 3. The van der Waals surface area contributed by atoms with Crippen LogP contribution >= 0.6 is 0 Å². The van der Waals surface area contributed by atoms with Gasteiger partial charge in [-0.15, -0.1) is 0 Å². The molecule has 2 aromatic carbocycles. The van der Waals surface area contributed by atoms with E-state index < -0.39 is 16.1 Å². The number of anilines is 1. The highest BCUT2D eigenvalue weighted by atomic mass is 32.2. The van der Waals surface area contributed by atoms with Gasteiger partial charge in [-0.25, -0.2) is 8.42 Å². The van der Waals surface area contributed by atoms with Crippen molar-refractivity contribution in [3.63, 3.8) is 0 Å². The summed E-state index contributed by atoms with van der Waals surface area (Å²) in [5.41, 5.74) is 2.50. The minimum Gasteiger partial charge on any atom is -0.326 e. The zero-order valence-corrected chi connectivity index (χ0v) is 21.4. The molecule has 0 aliphatic carbocycles. The van der Waals surface area contributed by atoms with Crippen molar-refractivity contribution in [2.75, 3.05) is 38.5 Å². The van der Waals surface area contributed by atoms with Crippen LogP contribution in [0, 0.1) is 5.92 Å². The molecule has 2 aromatic rings. The number of hydrogen-bond donors (Lipinski definition) is 1. The van der Waals surface area contributed by atoms with E-state index in [-0.39, 0.29) is 22.6 Å². The molecule has 1 atom stereocenters. The summed E-state index contributed by atoms with van der Waals surface area (Å²) in [6, 6.07) is 13.6. The van der Waals surface area contributed by atoms with Crippen LogP contribution in [0.5, 0.6) is 0 Å². The van der Waals surface area contributed by atoms with Crippen molar-refractivity contribution in [1.29, 1.82) is 0 Å². The van der Waals surface area contributed by atoms with Crippen LogP contribution in [0.2, 0.25) is 0 Å². The number of likely N-dealkylation sites (N-methyl/N-ethyl adjacent to an activating group) is 1. The zero-order chi connectivity index (χ0) is 25.2. The van der Waals surface area contributed by atoms with E-state index in [2.05, 4.69) is 10.2 Å². The lowest BCUT2D eigenvalue weighted by molar-refractivity contribution is -0.140. The minimum atomic E-state index is -3.66. The molecule has 35 heavy (non-hydrogen) atoms.